The summed E-state index contributed by atoms with van der Waals surface area (Å²) in [7, 11) is 0. The molecule has 0 saturated carbocycles. The lowest BCUT2D eigenvalue weighted by molar-refractivity contribution is -0.138. The molecule has 0 radical (unpaired) electrons. The van der Waals surface area contributed by atoms with E-state index in [9.17, 15) is 9.18 Å². The number of rotatable bonds is 3. The van der Waals surface area contributed by atoms with Gasteiger partial charge in [-0.25, -0.2) is 4.39 Å². The van der Waals surface area contributed by atoms with Crippen LogP contribution in [0.5, 0.6) is 11.5 Å². The molecular weight excluding hydrogens is 251 g/mol. The normalized spacial score (nSPS) is 17.4. The molecule has 2 atom stereocenters. The van der Waals surface area contributed by atoms with Gasteiger partial charge in [-0.2, -0.15) is 0 Å². The minimum absolute atomic E-state index is 0.346. The van der Waals surface area contributed by atoms with Crippen LogP contribution in [0.25, 0.3) is 0 Å². The van der Waals surface area contributed by atoms with Crippen molar-refractivity contribution in [3.8, 4) is 11.5 Å². The fraction of sp³-hybridized carbons (Fsp3) is 0.500. The third kappa shape index (κ3) is 2.80. The quantitative estimate of drug-likeness (QED) is 0.915. The first-order valence-electron chi connectivity index (χ1n) is 6.31. The number of carboxylic acid groups (broad SMARTS) is 1. The van der Waals surface area contributed by atoms with Crippen LogP contribution in [0.15, 0.2) is 12.1 Å². The van der Waals surface area contributed by atoms with Crippen LogP contribution in [-0.4, -0.2) is 24.3 Å². The summed E-state index contributed by atoms with van der Waals surface area (Å²) in [5.74, 6) is -0.801. The molecule has 19 heavy (non-hydrogen) atoms. The van der Waals surface area contributed by atoms with Crippen LogP contribution in [0.4, 0.5) is 4.39 Å². The summed E-state index contributed by atoms with van der Waals surface area (Å²) < 4.78 is 24.7. The van der Waals surface area contributed by atoms with Crippen molar-refractivity contribution in [1.82, 2.24) is 0 Å². The number of hydrogen-bond donors (Lipinski definition) is 1. The van der Waals surface area contributed by atoms with Gasteiger partial charge in [-0.1, -0.05) is 0 Å². The molecule has 1 aliphatic heterocycles. The van der Waals surface area contributed by atoms with Gasteiger partial charge in [0.15, 0.2) is 11.5 Å². The molecule has 4 nitrogen and oxygen atoms in total. The highest BCUT2D eigenvalue weighted by molar-refractivity contribution is 5.76. The summed E-state index contributed by atoms with van der Waals surface area (Å²) >= 11 is 0. The molecular formula is C14H17FO4. The Kier molecular flexibility index (Phi) is 3.93. The van der Waals surface area contributed by atoms with Crippen LogP contribution in [-0.2, 0) is 4.79 Å². The molecule has 104 valence electrons. The van der Waals surface area contributed by atoms with Crippen molar-refractivity contribution in [1.29, 1.82) is 0 Å². The zero-order valence-corrected chi connectivity index (χ0v) is 11.0. The molecule has 0 aromatic heterocycles. The molecule has 0 fully saturated rings. The summed E-state index contributed by atoms with van der Waals surface area (Å²) in [4.78, 5) is 11.1. The maximum atomic E-state index is 13.7. The molecule has 1 aromatic carbocycles. The van der Waals surface area contributed by atoms with E-state index in [0.29, 0.717) is 35.8 Å². The molecule has 1 N–H and O–H groups in total. The third-order valence-corrected chi connectivity index (χ3v) is 3.22. The largest absolute Gasteiger partial charge is 0.490 e. The lowest BCUT2D eigenvalue weighted by Crippen LogP contribution is -2.11. The van der Waals surface area contributed by atoms with Gasteiger partial charge < -0.3 is 14.6 Å². The average Bonchev–Trinajstić information content (AvgIpc) is 2.60. The van der Waals surface area contributed by atoms with Crippen LogP contribution in [0.1, 0.15) is 43.5 Å². The van der Waals surface area contributed by atoms with Crippen molar-refractivity contribution in [3.05, 3.63) is 23.3 Å². The standard InChI is InChI=1S/C14H17FO4/c1-8(14(16)17)10-6-12-13(7-11(10)9(2)15)19-5-3-4-18-12/h6-9H,3-5H2,1-2H3,(H,16,17). The number of ether oxygens (including phenoxy) is 2. The van der Waals surface area contributed by atoms with Gasteiger partial charge in [0, 0.05) is 6.42 Å². The third-order valence-electron chi connectivity index (χ3n) is 3.22. The second-order valence-electron chi connectivity index (χ2n) is 4.65. The molecule has 0 spiro atoms. The van der Waals surface area contributed by atoms with Crippen molar-refractivity contribution in [2.24, 2.45) is 0 Å². The zero-order valence-electron chi connectivity index (χ0n) is 11.0. The van der Waals surface area contributed by atoms with E-state index in [0.717, 1.165) is 6.42 Å². The fourth-order valence-electron chi connectivity index (χ4n) is 2.09. The fourth-order valence-corrected chi connectivity index (χ4v) is 2.09. The molecule has 0 bridgehead atoms. The Balaban J connectivity index is 2.51. The first kappa shape index (κ1) is 13.6. The molecule has 0 aliphatic carbocycles. The summed E-state index contributed by atoms with van der Waals surface area (Å²) in [6.45, 7) is 3.95. The number of fused-ring (bicyclic) bond motifs is 1. The van der Waals surface area contributed by atoms with Crippen molar-refractivity contribution in [3.63, 3.8) is 0 Å². The first-order valence-corrected chi connectivity index (χ1v) is 6.31. The Morgan fingerprint density at radius 2 is 1.74 bits per heavy atom. The van der Waals surface area contributed by atoms with Gasteiger partial charge in [0.05, 0.1) is 19.1 Å². The van der Waals surface area contributed by atoms with Crippen molar-refractivity contribution in [2.75, 3.05) is 13.2 Å². The minimum atomic E-state index is -1.26. The molecule has 1 heterocycles. The van der Waals surface area contributed by atoms with E-state index in [1.54, 1.807) is 12.1 Å². The Morgan fingerprint density at radius 1 is 1.21 bits per heavy atom. The predicted molar refractivity (Wildman–Crippen MR) is 67.6 cm³/mol. The second-order valence-corrected chi connectivity index (χ2v) is 4.65. The van der Waals surface area contributed by atoms with Gasteiger partial charge in [-0.3, -0.25) is 4.79 Å². The van der Waals surface area contributed by atoms with E-state index in [2.05, 4.69) is 0 Å². The number of aliphatic carboxylic acids is 1. The van der Waals surface area contributed by atoms with Gasteiger partial charge in [0.2, 0.25) is 0 Å². The van der Waals surface area contributed by atoms with E-state index in [4.69, 9.17) is 14.6 Å². The Bertz CT molecular complexity index is 485. The lowest BCUT2D eigenvalue weighted by Gasteiger charge is -2.18. The molecule has 2 unspecified atom stereocenters. The summed E-state index contributed by atoms with van der Waals surface area (Å²) in [5, 5.41) is 9.11. The summed E-state index contributed by atoms with van der Waals surface area (Å²) in [6.07, 6.45) is -0.507. The topological polar surface area (TPSA) is 55.8 Å². The zero-order chi connectivity index (χ0) is 14.0. The molecule has 0 saturated heterocycles. The minimum Gasteiger partial charge on any atom is -0.490 e. The van der Waals surface area contributed by atoms with Crippen LogP contribution in [0.2, 0.25) is 0 Å². The highest BCUT2D eigenvalue weighted by Crippen LogP contribution is 2.38. The molecule has 0 amide bonds. The van der Waals surface area contributed by atoms with Gasteiger partial charge >= 0.3 is 5.97 Å². The Labute approximate surface area is 111 Å². The smallest absolute Gasteiger partial charge is 0.310 e. The van der Waals surface area contributed by atoms with E-state index in [-0.39, 0.29) is 0 Å². The maximum Gasteiger partial charge on any atom is 0.310 e. The van der Waals surface area contributed by atoms with Crippen LogP contribution < -0.4 is 9.47 Å². The van der Waals surface area contributed by atoms with Crippen LogP contribution in [0, 0.1) is 0 Å². The number of carbonyl (C=O) groups is 1. The number of hydrogen-bond acceptors (Lipinski definition) is 3. The SMILES string of the molecule is CC(F)c1cc2c(cc1C(C)C(=O)O)OCCCO2. The van der Waals surface area contributed by atoms with Gasteiger partial charge in [0.25, 0.3) is 0 Å². The molecule has 1 aromatic rings. The second kappa shape index (κ2) is 5.47. The molecule has 1 aliphatic rings. The van der Waals surface area contributed by atoms with E-state index in [1.807, 2.05) is 0 Å². The highest BCUT2D eigenvalue weighted by atomic mass is 19.1. The van der Waals surface area contributed by atoms with Crippen molar-refractivity contribution >= 4 is 5.97 Å². The van der Waals surface area contributed by atoms with E-state index < -0.39 is 18.1 Å². The summed E-state index contributed by atoms with van der Waals surface area (Å²) in [6, 6.07) is 3.14. The number of benzene rings is 1. The van der Waals surface area contributed by atoms with Crippen LogP contribution in [0.3, 0.4) is 0 Å². The molecule has 2 rings (SSSR count). The van der Waals surface area contributed by atoms with Crippen molar-refractivity contribution in [2.45, 2.75) is 32.4 Å². The number of halogens is 1. The predicted octanol–water partition coefficient (Wildman–Crippen LogP) is 3.07. The van der Waals surface area contributed by atoms with Crippen LogP contribution >= 0.6 is 0 Å². The Morgan fingerprint density at radius 3 is 2.21 bits per heavy atom. The number of carboxylic acids is 1. The van der Waals surface area contributed by atoms with E-state index in [1.165, 1.54) is 13.8 Å². The lowest BCUT2D eigenvalue weighted by atomic mass is 9.93. The highest BCUT2D eigenvalue weighted by Gasteiger charge is 2.24. The van der Waals surface area contributed by atoms with Crippen molar-refractivity contribution < 1.29 is 23.8 Å². The Hall–Kier alpha value is -1.78. The van der Waals surface area contributed by atoms with Gasteiger partial charge in [-0.05, 0) is 37.1 Å². The average molecular weight is 268 g/mol. The monoisotopic (exact) mass is 268 g/mol. The summed E-state index contributed by atoms with van der Waals surface area (Å²) in [5.41, 5.74) is 0.783. The maximum absolute atomic E-state index is 13.7. The molecule has 5 heteroatoms. The van der Waals surface area contributed by atoms with Gasteiger partial charge in [0.1, 0.15) is 6.17 Å². The van der Waals surface area contributed by atoms with Gasteiger partial charge in [-0.15, -0.1) is 0 Å². The number of alkyl halides is 1. The van der Waals surface area contributed by atoms with E-state index >= 15 is 0 Å². The first-order chi connectivity index (χ1) is 9.00.